The molecule has 0 aliphatic heterocycles. The number of benzene rings is 1. The largest absolute Gasteiger partial charge is 0.493 e. The zero-order chi connectivity index (χ0) is 13.1. The standard InChI is InChI=1S/C12H15NO5/c1-17-12-7-8(13(15)16)5-6-11(12)18-10-4-2-3-9(10)14/h5-7,9-10,14H,2-4H2,1H3/t9-,10-/m0/s1. The van der Waals surface area contributed by atoms with Crippen molar-refractivity contribution in [3.63, 3.8) is 0 Å². The first kappa shape index (κ1) is 12.6. The Balaban J connectivity index is 2.19. The van der Waals surface area contributed by atoms with Gasteiger partial charge in [0.2, 0.25) is 0 Å². The Hall–Kier alpha value is -1.82. The number of aliphatic hydroxyl groups excluding tert-OH is 1. The van der Waals surface area contributed by atoms with Gasteiger partial charge in [0.25, 0.3) is 5.69 Å². The molecule has 1 aliphatic carbocycles. The van der Waals surface area contributed by atoms with Crippen molar-refractivity contribution in [3.05, 3.63) is 28.3 Å². The zero-order valence-corrected chi connectivity index (χ0v) is 10.0. The number of rotatable bonds is 4. The van der Waals surface area contributed by atoms with Gasteiger partial charge in [-0.2, -0.15) is 0 Å². The fraction of sp³-hybridized carbons (Fsp3) is 0.500. The molecule has 2 atom stereocenters. The molecule has 1 saturated carbocycles. The van der Waals surface area contributed by atoms with Crippen molar-refractivity contribution in [1.29, 1.82) is 0 Å². The van der Waals surface area contributed by atoms with Gasteiger partial charge in [-0.25, -0.2) is 0 Å². The quantitative estimate of drug-likeness (QED) is 0.654. The Labute approximate surface area is 104 Å². The van der Waals surface area contributed by atoms with E-state index in [2.05, 4.69) is 0 Å². The molecule has 0 saturated heterocycles. The van der Waals surface area contributed by atoms with Crippen LogP contribution in [0.3, 0.4) is 0 Å². The summed E-state index contributed by atoms with van der Waals surface area (Å²) in [7, 11) is 1.43. The molecule has 1 N–H and O–H groups in total. The van der Waals surface area contributed by atoms with Crippen LogP contribution in [0, 0.1) is 10.1 Å². The van der Waals surface area contributed by atoms with Crippen LogP contribution in [0.15, 0.2) is 18.2 Å². The third kappa shape index (κ3) is 2.53. The first-order valence-electron chi connectivity index (χ1n) is 5.79. The topological polar surface area (TPSA) is 81.8 Å². The summed E-state index contributed by atoms with van der Waals surface area (Å²) in [6.45, 7) is 0. The van der Waals surface area contributed by atoms with Gasteiger partial charge in [-0.05, 0) is 25.3 Å². The Kier molecular flexibility index (Phi) is 3.66. The minimum atomic E-state index is -0.489. The molecule has 1 aromatic carbocycles. The number of hydrogen-bond donors (Lipinski definition) is 1. The van der Waals surface area contributed by atoms with E-state index in [1.807, 2.05) is 0 Å². The molecule has 0 radical (unpaired) electrons. The van der Waals surface area contributed by atoms with E-state index in [4.69, 9.17) is 9.47 Å². The lowest BCUT2D eigenvalue weighted by Crippen LogP contribution is -2.25. The highest BCUT2D eigenvalue weighted by molar-refractivity contribution is 5.48. The van der Waals surface area contributed by atoms with Gasteiger partial charge in [0.15, 0.2) is 11.5 Å². The Morgan fingerprint density at radius 1 is 1.39 bits per heavy atom. The molecule has 1 aliphatic rings. The van der Waals surface area contributed by atoms with Crippen LogP contribution in [0.25, 0.3) is 0 Å². The molecular weight excluding hydrogens is 238 g/mol. The van der Waals surface area contributed by atoms with E-state index in [9.17, 15) is 15.2 Å². The van der Waals surface area contributed by atoms with Crippen LogP contribution in [0.2, 0.25) is 0 Å². The molecule has 18 heavy (non-hydrogen) atoms. The smallest absolute Gasteiger partial charge is 0.273 e. The van der Waals surface area contributed by atoms with E-state index in [0.29, 0.717) is 11.5 Å². The van der Waals surface area contributed by atoms with Crippen LogP contribution in [0.1, 0.15) is 19.3 Å². The monoisotopic (exact) mass is 253 g/mol. The average molecular weight is 253 g/mol. The van der Waals surface area contributed by atoms with Crippen molar-refractivity contribution in [3.8, 4) is 11.5 Å². The lowest BCUT2D eigenvalue weighted by molar-refractivity contribution is -0.385. The maximum Gasteiger partial charge on any atom is 0.273 e. The highest BCUT2D eigenvalue weighted by Crippen LogP contribution is 2.34. The van der Waals surface area contributed by atoms with E-state index < -0.39 is 11.0 Å². The third-order valence-corrected chi connectivity index (χ3v) is 3.05. The molecule has 1 fully saturated rings. The summed E-state index contributed by atoms with van der Waals surface area (Å²) in [5, 5.41) is 20.3. The second kappa shape index (κ2) is 5.22. The van der Waals surface area contributed by atoms with Gasteiger partial charge < -0.3 is 14.6 Å². The van der Waals surface area contributed by atoms with Crippen molar-refractivity contribution in [2.24, 2.45) is 0 Å². The van der Waals surface area contributed by atoms with Crippen LogP contribution in [-0.2, 0) is 0 Å². The number of nitro benzene ring substituents is 1. The van der Waals surface area contributed by atoms with Gasteiger partial charge >= 0.3 is 0 Å². The van der Waals surface area contributed by atoms with Gasteiger partial charge in [-0.15, -0.1) is 0 Å². The van der Waals surface area contributed by atoms with Gasteiger partial charge in [0, 0.05) is 6.07 Å². The first-order valence-corrected chi connectivity index (χ1v) is 5.79. The molecular formula is C12H15NO5. The van der Waals surface area contributed by atoms with Gasteiger partial charge in [0.05, 0.1) is 24.2 Å². The predicted octanol–water partition coefficient (Wildman–Crippen LogP) is 1.90. The summed E-state index contributed by atoms with van der Waals surface area (Å²) in [4.78, 5) is 10.2. The number of methoxy groups -OCH3 is 1. The van der Waals surface area contributed by atoms with E-state index >= 15 is 0 Å². The molecule has 98 valence electrons. The molecule has 1 aromatic rings. The SMILES string of the molecule is COc1cc([N+](=O)[O-])ccc1O[C@H]1CCC[C@@H]1O. The molecule has 0 bridgehead atoms. The maximum atomic E-state index is 10.6. The lowest BCUT2D eigenvalue weighted by atomic mass is 10.2. The molecule has 2 rings (SSSR count). The summed E-state index contributed by atoms with van der Waals surface area (Å²) < 4.78 is 10.7. The Morgan fingerprint density at radius 2 is 2.17 bits per heavy atom. The number of nitrogens with zero attached hydrogens (tertiary/aromatic N) is 1. The van der Waals surface area contributed by atoms with Crippen LogP contribution in [-0.4, -0.2) is 29.3 Å². The highest BCUT2D eigenvalue weighted by atomic mass is 16.6. The van der Waals surface area contributed by atoms with Crippen molar-refractivity contribution >= 4 is 5.69 Å². The second-order valence-corrected chi connectivity index (χ2v) is 4.25. The maximum absolute atomic E-state index is 10.6. The number of aliphatic hydroxyl groups is 1. The predicted molar refractivity (Wildman–Crippen MR) is 63.9 cm³/mol. The number of non-ortho nitro benzene ring substituents is 1. The van der Waals surface area contributed by atoms with Crippen molar-refractivity contribution in [1.82, 2.24) is 0 Å². The number of ether oxygens (including phenoxy) is 2. The van der Waals surface area contributed by atoms with Gasteiger partial charge in [0.1, 0.15) is 6.10 Å². The minimum absolute atomic E-state index is 0.0498. The molecule has 0 aromatic heterocycles. The summed E-state index contributed by atoms with van der Waals surface area (Å²) in [5.74, 6) is 0.734. The first-order chi connectivity index (χ1) is 8.61. The van der Waals surface area contributed by atoms with E-state index in [1.165, 1.54) is 25.3 Å². The van der Waals surface area contributed by atoms with Crippen LogP contribution < -0.4 is 9.47 Å². The third-order valence-electron chi connectivity index (χ3n) is 3.05. The Morgan fingerprint density at radius 3 is 2.72 bits per heavy atom. The van der Waals surface area contributed by atoms with Crippen molar-refractivity contribution < 1.29 is 19.5 Å². The fourth-order valence-electron chi connectivity index (χ4n) is 2.07. The second-order valence-electron chi connectivity index (χ2n) is 4.25. The molecule has 0 amide bonds. The number of nitro groups is 1. The van der Waals surface area contributed by atoms with Gasteiger partial charge in [-0.1, -0.05) is 0 Å². The van der Waals surface area contributed by atoms with E-state index in [1.54, 1.807) is 0 Å². The van der Waals surface area contributed by atoms with Crippen molar-refractivity contribution in [2.45, 2.75) is 31.5 Å². The van der Waals surface area contributed by atoms with Crippen molar-refractivity contribution in [2.75, 3.05) is 7.11 Å². The summed E-state index contributed by atoms with van der Waals surface area (Å²) in [6.07, 6.45) is 1.67. The Bertz CT molecular complexity index is 448. The van der Waals surface area contributed by atoms with Crippen LogP contribution in [0.5, 0.6) is 11.5 Å². The van der Waals surface area contributed by atoms with Crippen LogP contribution >= 0.6 is 0 Å². The molecule has 0 heterocycles. The normalized spacial score (nSPS) is 22.8. The number of hydrogen-bond acceptors (Lipinski definition) is 5. The average Bonchev–Trinajstić information content (AvgIpc) is 2.75. The molecule has 0 spiro atoms. The van der Waals surface area contributed by atoms with E-state index in [-0.39, 0.29) is 11.8 Å². The van der Waals surface area contributed by atoms with Gasteiger partial charge in [-0.3, -0.25) is 10.1 Å². The van der Waals surface area contributed by atoms with Crippen LogP contribution in [0.4, 0.5) is 5.69 Å². The fourth-order valence-corrected chi connectivity index (χ4v) is 2.07. The summed E-state index contributed by atoms with van der Waals surface area (Å²) in [5.41, 5.74) is -0.0498. The van der Waals surface area contributed by atoms with E-state index in [0.717, 1.165) is 19.3 Å². The summed E-state index contributed by atoms with van der Waals surface area (Å²) >= 11 is 0. The summed E-state index contributed by atoms with van der Waals surface area (Å²) in [6, 6.07) is 4.18. The lowest BCUT2D eigenvalue weighted by Gasteiger charge is -2.18. The highest BCUT2D eigenvalue weighted by Gasteiger charge is 2.28. The minimum Gasteiger partial charge on any atom is -0.493 e. The molecule has 6 nitrogen and oxygen atoms in total. The molecule has 6 heteroatoms. The zero-order valence-electron chi connectivity index (χ0n) is 10.0. The molecule has 0 unspecified atom stereocenters.